The van der Waals surface area contributed by atoms with Crippen LogP contribution in [0.4, 0.5) is 28.0 Å². The van der Waals surface area contributed by atoms with Gasteiger partial charge < -0.3 is 10.1 Å². The van der Waals surface area contributed by atoms with Crippen molar-refractivity contribution >= 4 is 33.7 Å². The van der Waals surface area contributed by atoms with E-state index in [1.165, 1.54) is 24.7 Å². The molecule has 1 amide bonds. The Labute approximate surface area is 230 Å². The summed E-state index contributed by atoms with van der Waals surface area (Å²) in [5, 5.41) is 23.7. The highest BCUT2D eigenvalue weighted by atomic mass is 19.4. The van der Waals surface area contributed by atoms with Crippen LogP contribution in [0.15, 0.2) is 49.1 Å². The van der Waals surface area contributed by atoms with E-state index in [2.05, 4.69) is 20.1 Å². The third-order valence-electron chi connectivity index (χ3n) is 7.04. The van der Waals surface area contributed by atoms with Gasteiger partial charge in [0, 0.05) is 47.3 Å². The quantitative estimate of drug-likeness (QED) is 0.228. The average Bonchev–Trinajstić information content (AvgIpc) is 3.53. The van der Waals surface area contributed by atoms with Gasteiger partial charge in [-0.2, -0.15) is 23.5 Å². The molecule has 210 valence electrons. The van der Waals surface area contributed by atoms with Gasteiger partial charge in [-0.15, -0.1) is 0 Å². The number of carbonyl (C=O) groups is 1. The second-order valence-electron chi connectivity index (χ2n) is 10.6. The van der Waals surface area contributed by atoms with Gasteiger partial charge >= 0.3 is 12.3 Å². The van der Waals surface area contributed by atoms with E-state index in [0.717, 1.165) is 34.0 Å². The summed E-state index contributed by atoms with van der Waals surface area (Å²) in [7, 11) is 0. The van der Waals surface area contributed by atoms with Crippen LogP contribution in [0.1, 0.15) is 39.0 Å². The summed E-state index contributed by atoms with van der Waals surface area (Å²) in [6, 6.07) is 5.92. The molecule has 4 heterocycles. The molecule has 0 aliphatic carbocycles. The van der Waals surface area contributed by atoms with Crippen LogP contribution >= 0.6 is 0 Å². The fourth-order valence-corrected chi connectivity index (χ4v) is 4.64. The average molecular weight is 566 g/mol. The molecule has 0 spiro atoms. The Bertz CT molecular complexity index is 1860. The number of hydrogen-bond donors (Lipinski definition) is 2. The molecule has 1 unspecified atom stereocenters. The van der Waals surface area contributed by atoms with Crippen LogP contribution in [0, 0.1) is 22.6 Å². The van der Waals surface area contributed by atoms with Gasteiger partial charge in [0.25, 0.3) is 0 Å². The lowest BCUT2D eigenvalue weighted by atomic mass is 9.86. The lowest BCUT2D eigenvalue weighted by molar-refractivity contribution is -0.141. The lowest BCUT2D eigenvalue weighted by Gasteiger charge is -2.36. The number of alkyl halides is 3. The zero-order valence-corrected chi connectivity index (χ0v) is 22.2. The van der Waals surface area contributed by atoms with E-state index in [1.807, 2.05) is 26.8 Å². The number of anilines is 1. The molecule has 1 atom stereocenters. The van der Waals surface area contributed by atoms with Gasteiger partial charge in [0.2, 0.25) is 0 Å². The summed E-state index contributed by atoms with van der Waals surface area (Å²) in [5.41, 5.74) is -0.348. The van der Waals surface area contributed by atoms with Crippen molar-refractivity contribution in [2.75, 3.05) is 4.90 Å². The number of rotatable bonds is 4. The van der Waals surface area contributed by atoms with Gasteiger partial charge in [-0.05, 0) is 36.6 Å². The Hall–Kier alpha value is -4.99. The van der Waals surface area contributed by atoms with Crippen LogP contribution in [-0.2, 0) is 6.18 Å². The SMILES string of the molecule is CC(N(C(=O)O)c1cc(F)cc2c1[nH]c1ncc(-c3cncc(C#N)c3)c(-n3ccc(C(F)(F)F)n3)c12)C(C)(C)C. The van der Waals surface area contributed by atoms with Gasteiger partial charge in [-0.25, -0.2) is 18.9 Å². The number of benzene rings is 1. The van der Waals surface area contributed by atoms with Crippen molar-refractivity contribution in [3.8, 4) is 22.9 Å². The van der Waals surface area contributed by atoms with Crippen LogP contribution in [0.3, 0.4) is 0 Å². The second-order valence-corrected chi connectivity index (χ2v) is 10.6. The molecule has 5 rings (SSSR count). The number of nitrogens with one attached hydrogen (secondary N) is 1. The molecule has 0 fully saturated rings. The van der Waals surface area contributed by atoms with E-state index in [4.69, 9.17) is 0 Å². The van der Waals surface area contributed by atoms with Crippen LogP contribution in [-0.4, -0.2) is 42.0 Å². The monoisotopic (exact) mass is 565 g/mol. The summed E-state index contributed by atoms with van der Waals surface area (Å²) in [4.78, 5) is 25.1. The molecule has 0 radical (unpaired) electrons. The maximum atomic E-state index is 15.2. The van der Waals surface area contributed by atoms with Crippen LogP contribution < -0.4 is 4.90 Å². The largest absolute Gasteiger partial charge is 0.465 e. The molecule has 0 aliphatic rings. The highest BCUT2D eigenvalue weighted by Gasteiger charge is 2.35. The Balaban J connectivity index is 1.90. The molecule has 2 N–H and O–H groups in total. The minimum absolute atomic E-state index is 0.0185. The molecular weight excluding hydrogens is 542 g/mol. The Morgan fingerprint density at radius 3 is 2.51 bits per heavy atom. The molecule has 0 aliphatic heterocycles. The summed E-state index contributed by atoms with van der Waals surface area (Å²) < 4.78 is 56.8. The fraction of sp³-hybridized carbons (Fsp3) is 0.250. The zero-order valence-electron chi connectivity index (χ0n) is 22.2. The summed E-state index contributed by atoms with van der Waals surface area (Å²) in [6.45, 7) is 7.24. The number of pyridine rings is 2. The summed E-state index contributed by atoms with van der Waals surface area (Å²) in [5.74, 6) is -0.762. The summed E-state index contributed by atoms with van der Waals surface area (Å²) >= 11 is 0. The minimum Gasteiger partial charge on any atom is -0.465 e. The lowest BCUT2D eigenvalue weighted by Crippen LogP contribution is -2.45. The van der Waals surface area contributed by atoms with Crippen LogP contribution in [0.5, 0.6) is 0 Å². The Morgan fingerprint density at radius 1 is 1.17 bits per heavy atom. The molecule has 5 aromatic rings. The summed E-state index contributed by atoms with van der Waals surface area (Å²) in [6.07, 6.45) is -0.803. The number of nitrogens with zero attached hydrogens (tertiary/aromatic N) is 6. The first-order valence-electron chi connectivity index (χ1n) is 12.4. The highest BCUT2D eigenvalue weighted by Crippen LogP contribution is 2.41. The molecule has 41 heavy (non-hydrogen) atoms. The van der Waals surface area contributed by atoms with E-state index >= 15 is 4.39 Å². The van der Waals surface area contributed by atoms with E-state index in [9.17, 15) is 28.3 Å². The number of amides is 1. The number of hydrogen-bond acceptors (Lipinski definition) is 5. The molecule has 1 aromatic carbocycles. The number of aromatic amines is 1. The second kappa shape index (κ2) is 9.58. The highest BCUT2D eigenvalue weighted by molar-refractivity contribution is 6.16. The third-order valence-corrected chi connectivity index (χ3v) is 7.04. The van der Waals surface area contributed by atoms with Gasteiger partial charge in [0.05, 0.1) is 27.8 Å². The third kappa shape index (κ3) is 4.82. The smallest absolute Gasteiger partial charge is 0.435 e. The Morgan fingerprint density at radius 2 is 1.90 bits per heavy atom. The van der Waals surface area contributed by atoms with E-state index in [-0.39, 0.29) is 44.4 Å². The van der Waals surface area contributed by atoms with E-state index in [1.54, 1.807) is 6.92 Å². The van der Waals surface area contributed by atoms with Crippen molar-refractivity contribution in [3.05, 3.63) is 66.1 Å². The van der Waals surface area contributed by atoms with Crippen molar-refractivity contribution in [1.29, 1.82) is 5.26 Å². The molecule has 9 nitrogen and oxygen atoms in total. The topological polar surface area (TPSA) is 124 Å². The van der Waals surface area contributed by atoms with Gasteiger partial charge in [-0.3, -0.25) is 9.88 Å². The number of nitriles is 1. The van der Waals surface area contributed by atoms with Gasteiger partial charge in [-0.1, -0.05) is 20.8 Å². The standard InChI is InChI=1S/C28H23F4N7O2/c1-14(27(2,3)4)39(26(40)41)20-9-17(29)8-18-22-24(38-6-5-21(37-38)28(30,31)32)19(13-35-25(22)36-23(18)20)16-7-15(10-33)11-34-12-16/h5-9,11-14H,1-4H3,(H,35,36)(H,40,41). The van der Waals surface area contributed by atoms with Crippen molar-refractivity contribution in [2.45, 2.75) is 39.9 Å². The van der Waals surface area contributed by atoms with Crippen molar-refractivity contribution in [3.63, 3.8) is 0 Å². The molecule has 4 aromatic heterocycles. The molecule has 13 heteroatoms. The van der Waals surface area contributed by atoms with Gasteiger partial charge in [0.1, 0.15) is 17.5 Å². The van der Waals surface area contributed by atoms with Crippen molar-refractivity contribution in [1.82, 2.24) is 24.7 Å². The van der Waals surface area contributed by atoms with Crippen molar-refractivity contribution in [2.24, 2.45) is 5.41 Å². The predicted molar refractivity (Wildman–Crippen MR) is 143 cm³/mol. The number of carboxylic acid groups (broad SMARTS) is 1. The maximum Gasteiger partial charge on any atom is 0.435 e. The minimum atomic E-state index is -4.73. The predicted octanol–water partition coefficient (Wildman–Crippen LogP) is 6.91. The molecule has 0 bridgehead atoms. The first-order valence-corrected chi connectivity index (χ1v) is 12.4. The number of fused-ring (bicyclic) bond motifs is 3. The molecule has 0 saturated carbocycles. The number of H-pyrrole nitrogens is 1. The molecule has 0 saturated heterocycles. The van der Waals surface area contributed by atoms with Crippen LogP contribution in [0.2, 0.25) is 0 Å². The van der Waals surface area contributed by atoms with Gasteiger partial charge in [0.15, 0.2) is 5.69 Å². The fourth-order valence-electron chi connectivity index (χ4n) is 4.64. The van der Waals surface area contributed by atoms with Crippen molar-refractivity contribution < 1.29 is 27.5 Å². The maximum absolute atomic E-state index is 15.2. The molecular formula is C28H23F4N7O2. The van der Waals surface area contributed by atoms with Crippen LogP contribution in [0.25, 0.3) is 38.8 Å². The first-order chi connectivity index (χ1) is 19.2. The van der Waals surface area contributed by atoms with E-state index < -0.39 is 35.2 Å². The number of halogens is 4. The Kier molecular flexibility index (Phi) is 6.44. The normalized spacial score (nSPS) is 13.0. The van der Waals surface area contributed by atoms with E-state index in [0.29, 0.717) is 5.56 Å². The first kappa shape index (κ1) is 27.6. The number of aromatic nitrogens is 5. The zero-order chi connectivity index (χ0) is 29.9.